The van der Waals surface area contributed by atoms with Crippen molar-refractivity contribution in [3.8, 4) is 11.5 Å². The van der Waals surface area contributed by atoms with Crippen LogP contribution in [0.1, 0.15) is 16.7 Å². The zero-order chi connectivity index (χ0) is 23.4. The van der Waals surface area contributed by atoms with Crippen molar-refractivity contribution in [3.63, 3.8) is 0 Å². The van der Waals surface area contributed by atoms with E-state index in [4.69, 9.17) is 32.7 Å². The summed E-state index contributed by atoms with van der Waals surface area (Å²) in [5.41, 5.74) is 2.31. The number of amides is 2. The molecular weight excluding hydrogens is 481 g/mol. The summed E-state index contributed by atoms with van der Waals surface area (Å²) < 4.78 is 11.3. The maximum Gasteiger partial charge on any atom is 0.293 e. The molecule has 1 fully saturated rings. The highest BCUT2D eigenvalue weighted by Crippen LogP contribution is 2.39. The Morgan fingerprint density at radius 1 is 0.970 bits per heavy atom. The summed E-state index contributed by atoms with van der Waals surface area (Å²) in [7, 11) is 1.52. The number of hydrogen-bond donors (Lipinski definition) is 0. The Balaban J connectivity index is 1.54. The molecule has 0 spiro atoms. The minimum atomic E-state index is -0.385. The highest BCUT2D eigenvalue weighted by molar-refractivity contribution is 8.18. The molecule has 0 unspecified atom stereocenters. The van der Waals surface area contributed by atoms with Crippen LogP contribution in [0.4, 0.5) is 4.79 Å². The molecule has 4 rings (SSSR count). The molecule has 1 heterocycles. The molecule has 0 N–H and O–H groups in total. The van der Waals surface area contributed by atoms with E-state index < -0.39 is 0 Å². The van der Waals surface area contributed by atoms with Gasteiger partial charge in [0.15, 0.2) is 11.5 Å². The Kier molecular flexibility index (Phi) is 7.28. The Morgan fingerprint density at radius 2 is 1.70 bits per heavy atom. The van der Waals surface area contributed by atoms with Gasteiger partial charge >= 0.3 is 0 Å². The lowest BCUT2D eigenvalue weighted by Gasteiger charge is -2.14. The van der Waals surface area contributed by atoms with Crippen molar-refractivity contribution in [1.82, 2.24) is 4.90 Å². The predicted octanol–water partition coefficient (Wildman–Crippen LogP) is 6.82. The Labute approximate surface area is 205 Å². The maximum absolute atomic E-state index is 12.9. The molecule has 33 heavy (non-hydrogen) atoms. The van der Waals surface area contributed by atoms with Crippen LogP contribution in [0.15, 0.2) is 71.6 Å². The molecule has 0 bridgehead atoms. The zero-order valence-electron chi connectivity index (χ0n) is 17.6. The summed E-state index contributed by atoms with van der Waals surface area (Å²) in [6.45, 7) is 0.440. The van der Waals surface area contributed by atoms with E-state index in [9.17, 15) is 9.59 Å². The first kappa shape index (κ1) is 23.2. The highest BCUT2D eigenvalue weighted by atomic mass is 35.5. The summed E-state index contributed by atoms with van der Waals surface area (Å²) in [5.74, 6) is 0.455. The molecule has 168 valence electrons. The molecule has 1 aliphatic rings. The number of halogens is 2. The summed E-state index contributed by atoms with van der Waals surface area (Å²) in [4.78, 5) is 26.8. The molecule has 8 heteroatoms. The van der Waals surface area contributed by atoms with E-state index >= 15 is 0 Å². The van der Waals surface area contributed by atoms with E-state index in [-0.39, 0.29) is 17.7 Å². The summed E-state index contributed by atoms with van der Waals surface area (Å²) >= 11 is 13.5. The molecule has 5 nitrogen and oxygen atoms in total. The number of benzene rings is 3. The first-order chi connectivity index (χ1) is 16.0. The quantitative estimate of drug-likeness (QED) is 0.334. The highest BCUT2D eigenvalue weighted by Gasteiger charge is 2.35. The summed E-state index contributed by atoms with van der Waals surface area (Å²) in [5, 5.41) is 0.488. The first-order valence-electron chi connectivity index (χ1n) is 9.99. The van der Waals surface area contributed by atoms with Crippen LogP contribution in [0.25, 0.3) is 6.08 Å². The van der Waals surface area contributed by atoms with Gasteiger partial charge in [-0.15, -0.1) is 0 Å². The monoisotopic (exact) mass is 499 g/mol. The number of rotatable bonds is 7. The lowest BCUT2D eigenvalue weighted by atomic mass is 10.1. The van der Waals surface area contributed by atoms with Crippen molar-refractivity contribution in [2.45, 2.75) is 13.2 Å². The van der Waals surface area contributed by atoms with Crippen LogP contribution < -0.4 is 9.47 Å². The third-order valence-electron chi connectivity index (χ3n) is 4.94. The van der Waals surface area contributed by atoms with E-state index in [2.05, 4.69) is 0 Å². The van der Waals surface area contributed by atoms with E-state index in [1.54, 1.807) is 36.4 Å². The molecule has 0 aliphatic carbocycles. The average molecular weight is 500 g/mol. The summed E-state index contributed by atoms with van der Waals surface area (Å²) in [6, 6.07) is 20.2. The number of hydrogen-bond acceptors (Lipinski definition) is 5. The van der Waals surface area contributed by atoms with Crippen LogP contribution >= 0.6 is 35.0 Å². The fraction of sp³-hybridized carbons (Fsp3) is 0.120. The van der Waals surface area contributed by atoms with Crippen molar-refractivity contribution in [3.05, 3.63) is 98.4 Å². The SMILES string of the molecule is COc1cc(/C=C2\SC(=O)N(Cc3ccccc3Cl)C2=O)cc(Cl)c1OCc1ccccc1. The van der Waals surface area contributed by atoms with Gasteiger partial charge in [-0.3, -0.25) is 14.5 Å². The summed E-state index contributed by atoms with van der Waals surface area (Å²) in [6.07, 6.45) is 1.62. The topological polar surface area (TPSA) is 55.8 Å². The van der Waals surface area contributed by atoms with Crippen LogP contribution in [0.3, 0.4) is 0 Å². The molecule has 0 saturated carbocycles. The fourth-order valence-electron chi connectivity index (χ4n) is 3.28. The van der Waals surface area contributed by atoms with Gasteiger partial charge < -0.3 is 9.47 Å². The Morgan fingerprint density at radius 3 is 2.42 bits per heavy atom. The first-order valence-corrected chi connectivity index (χ1v) is 11.6. The second kappa shape index (κ2) is 10.3. The van der Waals surface area contributed by atoms with Gasteiger partial charge in [0.2, 0.25) is 0 Å². The third kappa shape index (κ3) is 5.36. The minimum Gasteiger partial charge on any atom is -0.493 e. The Bertz CT molecular complexity index is 1230. The number of carbonyl (C=O) groups is 2. The van der Waals surface area contributed by atoms with Crippen molar-refractivity contribution in [2.24, 2.45) is 0 Å². The van der Waals surface area contributed by atoms with Crippen LogP contribution in [0.5, 0.6) is 11.5 Å². The maximum atomic E-state index is 12.9. The third-order valence-corrected chi connectivity index (χ3v) is 6.49. The van der Waals surface area contributed by atoms with E-state index in [0.29, 0.717) is 44.2 Å². The smallest absolute Gasteiger partial charge is 0.293 e. The van der Waals surface area contributed by atoms with Crippen molar-refractivity contribution >= 4 is 52.2 Å². The predicted molar refractivity (Wildman–Crippen MR) is 132 cm³/mol. The molecule has 1 saturated heterocycles. The van der Waals surface area contributed by atoms with Crippen LogP contribution in [-0.2, 0) is 17.9 Å². The number of thioether (sulfide) groups is 1. The fourth-order valence-corrected chi connectivity index (χ4v) is 4.59. The minimum absolute atomic E-state index is 0.109. The van der Waals surface area contributed by atoms with Crippen LogP contribution in [0.2, 0.25) is 10.0 Å². The normalized spacial score (nSPS) is 14.8. The molecule has 0 atom stereocenters. The molecule has 0 aromatic heterocycles. The molecule has 3 aromatic rings. The van der Waals surface area contributed by atoms with Gasteiger partial charge in [0.05, 0.1) is 23.6 Å². The van der Waals surface area contributed by atoms with Gasteiger partial charge in [-0.05, 0) is 52.7 Å². The number of methoxy groups -OCH3 is 1. The van der Waals surface area contributed by atoms with Gasteiger partial charge in [-0.1, -0.05) is 71.7 Å². The molecule has 1 aliphatic heterocycles. The molecular formula is C25H19Cl2NO4S. The van der Waals surface area contributed by atoms with Gasteiger partial charge in [-0.25, -0.2) is 0 Å². The number of ether oxygens (including phenoxy) is 2. The lowest BCUT2D eigenvalue weighted by molar-refractivity contribution is -0.123. The molecule has 2 amide bonds. The second-order valence-electron chi connectivity index (χ2n) is 7.17. The van der Waals surface area contributed by atoms with Crippen molar-refractivity contribution in [2.75, 3.05) is 7.11 Å². The van der Waals surface area contributed by atoms with Crippen molar-refractivity contribution in [1.29, 1.82) is 0 Å². The number of nitrogens with zero attached hydrogens (tertiary/aromatic N) is 1. The zero-order valence-corrected chi connectivity index (χ0v) is 19.9. The second-order valence-corrected chi connectivity index (χ2v) is 8.98. The largest absolute Gasteiger partial charge is 0.493 e. The molecule has 3 aromatic carbocycles. The van der Waals surface area contributed by atoms with Gasteiger partial charge in [0, 0.05) is 5.02 Å². The lowest BCUT2D eigenvalue weighted by Crippen LogP contribution is -2.27. The van der Waals surface area contributed by atoms with Crippen LogP contribution in [0, 0.1) is 0 Å². The number of carbonyl (C=O) groups excluding carboxylic acids is 2. The van der Waals surface area contributed by atoms with Gasteiger partial charge in [-0.2, -0.15) is 0 Å². The van der Waals surface area contributed by atoms with E-state index in [1.165, 1.54) is 12.0 Å². The Hall–Kier alpha value is -2.93. The molecule has 0 radical (unpaired) electrons. The van der Waals surface area contributed by atoms with E-state index in [1.807, 2.05) is 36.4 Å². The average Bonchev–Trinajstić information content (AvgIpc) is 3.07. The van der Waals surface area contributed by atoms with Gasteiger partial charge in [0.1, 0.15) is 6.61 Å². The number of imide groups is 1. The van der Waals surface area contributed by atoms with Crippen molar-refractivity contribution < 1.29 is 19.1 Å². The standard InChI is InChI=1S/C25H19Cl2NO4S/c1-31-21-12-17(11-20(27)23(21)32-15-16-7-3-2-4-8-16)13-22-24(29)28(25(30)33-22)14-18-9-5-6-10-19(18)26/h2-13H,14-15H2,1H3/b22-13-. The van der Waals surface area contributed by atoms with Crippen LogP contribution in [-0.4, -0.2) is 23.2 Å². The van der Waals surface area contributed by atoms with E-state index in [0.717, 1.165) is 17.3 Å². The van der Waals surface area contributed by atoms with Gasteiger partial charge in [0.25, 0.3) is 11.1 Å².